The minimum Gasteiger partial charge on any atom is -0.465 e. The molecule has 0 aromatic carbocycles. The van der Waals surface area contributed by atoms with E-state index >= 15 is 0 Å². The summed E-state index contributed by atoms with van der Waals surface area (Å²) in [5, 5.41) is 1.62. The van der Waals surface area contributed by atoms with E-state index in [0.717, 1.165) is 34.8 Å². The summed E-state index contributed by atoms with van der Waals surface area (Å²) in [6.45, 7) is 5.86. The maximum absolute atomic E-state index is 13.4. The van der Waals surface area contributed by atoms with Crippen LogP contribution in [0.15, 0.2) is 0 Å². The van der Waals surface area contributed by atoms with E-state index in [-0.39, 0.29) is 13.2 Å². The molecule has 0 aliphatic carbocycles. The van der Waals surface area contributed by atoms with Crippen LogP contribution in [0.1, 0.15) is 48.0 Å². The number of ether oxygens (including phenoxy) is 6. The van der Waals surface area contributed by atoms with Crippen molar-refractivity contribution in [3.05, 3.63) is 0 Å². The third-order valence-electron chi connectivity index (χ3n) is 5.37. The summed E-state index contributed by atoms with van der Waals surface area (Å²) in [7, 11) is -1.55. The van der Waals surface area contributed by atoms with Crippen LogP contribution in [0.5, 0.6) is 0 Å². The number of rotatable bonds is 15. The molecule has 252 valence electrons. The highest BCUT2D eigenvalue weighted by molar-refractivity contribution is 7.41. The van der Waals surface area contributed by atoms with Gasteiger partial charge in [0.05, 0.1) is 32.8 Å². The van der Waals surface area contributed by atoms with Gasteiger partial charge in [-0.05, 0) is 13.8 Å². The quantitative estimate of drug-likeness (QED) is 0.149. The number of hydrogen-bond acceptors (Lipinski definition) is 15. The number of esters is 5. The number of carbonyl (C=O) groups excluding carboxylic acids is 6. The Labute approximate surface area is 251 Å². The molecule has 0 saturated carbocycles. The van der Waals surface area contributed by atoms with Gasteiger partial charge in [0.2, 0.25) is 0 Å². The summed E-state index contributed by atoms with van der Waals surface area (Å²) in [4.78, 5) is 73.3. The number of carbonyl (C=O) groups is 6. The molecule has 0 aromatic rings. The fraction of sp³-hybridized carbons (Fsp3) is 0.750. The minimum absolute atomic E-state index is 0.0169. The molecule has 0 unspecified atom stereocenters. The summed E-state index contributed by atoms with van der Waals surface area (Å²) >= 11 is 0. The van der Waals surface area contributed by atoms with Gasteiger partial charge in [0, 0.05) is 27.7 Å². The number of halogens is 3. The fourth-order valence-corrected chi connectivity index (χ4v) is 4.95. The van der Waals surface area contributed by atoms with Crippen molar-refractivity contribution < 1.29 is 83.9 Å². The van der Waals surface area contributed by atoms with Crippen molar-refractivity contribution in [2.75, 3.05) is 26.9 Å². The zero-order valence-electron chi connectivity index (χ0n) is 24.9. The summed E-state index contributed by atoms with van der Waals surface area (Å²) in [6.07, 6.45) is -14.3. The first-order chi connectivity index (χ1) is 20.4. The van der Waals surface area contributed by atoms with Crippen LogP contribution in [0, 0.1) is 0 Å². The minimum atomic E-state index is -5.49. The Bertz CT molecular complexity index is 1040. The van der Waals surface area contributed by atoms with Crippen molar-refractivity contribution in [2.24, 2.45) is 0 Å². The Kier molecular flexibility index (Phi) is 15.4. The highest BCUT2D eigenvalue weighted by Crippen LogP contribution is 2.49. The second kappa shape index (κ2) is 17.4. The first-order valence-electron chi connectivity index (χ1n) is 12.9. The second-order valence-electron chi connectivity index (χ2n) is 8.85. The lowest BCUT2D eigenvalue weighted by molar-refractivity contribution is -0.292. The summed E-state index contributed by atoms with van der Waals surface area (Å²) in [5.41, 5.74) is 0. The van der Waals surface area contributed by atoms with Gasteiger partial charge in [-0.1, -0.05) is 0 Å². The SMILES string of the molecule is CCOP(OCC)O[C@@]1(C(=O)OC)C[C@H](OC(C)=O)[C@@H](NC(=O)C(F)(F)F)[C@H]([C@H](OC(C)=O)[C@@H](COC(C)=O)OC(C)=O)O1. The van der Waals surface area contributed by atoms with E-state index < -0.39 is 99.8 Å². The molecular formula is C24H35F3NO15P. The first-order valence-corrected chi connectivity index (χ1v) is 14.0. The van der Waals surface area contributed by atoms with Crippen LogP contribution in [0.25, 0.3) is 0 Å². The lowest BCUT2D eigenvalue weighted by Gasteiger charge is -2.48. The van der Waals surface area contributed by atoms with E-state index in [9.17, 15) is 41.9 Å². The first kappa shape index (κ1) is 38.9. The molecular weight excluding hydrogens is 630 g/mol. The van der Waals surface area contributed by atoms with Crippen molar-refractivity contribution in [1.82, 2.24) is 5.32 Å². The molecule has 20 heteroatoms. The van der Waals surface area contributed by atoms with Crippen LogP contribution in [-0.4, -0.2) is 105 Å². The normalized spacial score (nSPS) is 23.1. The van der Waals surface area contributed by atoms with Crippen LogP contribution in [0.2, 0.25) is 0 Å². The zero-order valence-corrected chi connectivity index (χ0v) is 25.8. The molecule has 1 amide bonds. The van der Waals surface area contributed by atoms with Gasteiger partial charge >= 0.3 is 50.5 Å². The van der Waals surface area contributed by atoms with E-state index in [4.69, 9.17) is 42.0 Å². The molecule has 1 aliphatic rings. The van der Waals surface area contributed by atoms with Crippen molar-refractivity contribution >= 4 is 44.4 Å². The highest BCUT2D eigenvalue weighted by atomic mass is 31.2. The van der Waals surface area contributed by atoms with Crippen molar-refractivity contribution in [3.63, 3.8) is 0 Å². The van der Waals surface area contributed by atoms with Crippen molar-refractivity contribution in [2.45, 2.75) is 90.4 Å². The Balaban J connectivity index is 4.02. The van der Waals surface area contributed by atoms with Crippen LogP contribution >= 0.6 is 8.60 Å². The predicted octanol–water partition coefficient (Wildman–Crippen LogP) is 1.37. The summed E-state index contributed by atoms with van der Waals surface area (Å²) in [5.74, 6) is -10.7. The van der Waals surface area contributed by atoms with Crippen LogP contribution < -0.4 is 5.32 Å². The molecule has 1 heterocycles. The van der Waals surface area contributed by atoms with E-state index in [1.54, 1.807) is 19.2 Å². The molecule has 44 heavy (non-hydrogen) atoms. The second-order valence-corrected chi connectivity index (χ2v) is 10.00. The van der Waals surface area contributed by atoms with Crippen LogP contribution in [0.3, 0.4) is 0 Å². The number of nitrogens with one attached hydrogen (secondary N) is 1. The molecule has 0 aromatic heterocycles. The predicted molar refractivity (Wildman–Crippen MR) is 137 cm³/mol. The molecule has 1 aliphatic heterocycles. The zero-order chi connectivity index (χ0) is 33.8. The molecule has 0 spiro atoms. The van der Waals surface area contributed by atoms with Crippen LogP contribution in [0.4, 0.5) is 13.2 Å². The monoisotopic (exact) mass is 665 g/mol. The van der Waals surface area contributed by atoms with E-state index in [0.29, 0.717) is 0 Å². The maximum atomic E-state index is 13.4. The topological polar surface area (TPSA) is 198 Å². The van der Waals surface area contributed by atoms with Crippen molar-refractivity contribution in [1.29, 1.82) is 0 Å². The fourth-order valence-electron chi connectivity index (χ4n) is 3.91. The number of methoxy groups -OCH3 is 1. The molecule has 1 rings (SSSR count). The summed E-state index contributed by atoms with van der Waals surface area (Å²) < 4.78 is 88.1. The molecule has 16 nitrogen and oxygen atoms in total. The lowest BCUT2D eigenvalue weighted by atomic mass is 9.88. The molecule has 6 atom stereocenters. The lowest BCUT2D eigenvalue weighted by Crippen LogP contribution is -2.69. The Hall–Kier alpha value is -3.12. The highest BCUT2D eigenvalue weighted by Gasteiger charge is 2.61. The third kappa shape index (κ3) is 11.8. The standard InChI is InChI=1S/C24H35F3NO15P/c1-8-37-44(38-9-2)43-23(22(34)35-7)10-16(39-13(4)30)18(28-21(33)24(25,26)27)20(42-23)19(41-15(6)32)17(40-14(5)31)11-36-12(3)29/h16-20H,8-11H2,1-7H3,(H,28,33)/t16-,17+,18+,19+,20+,23+/m0/s1. The van der Waals surface area contributed by atoms with Gasteiger partial charge in [-0.15, -0.1) is 0 Å². The van der Waals surface area contributed by atoms with Gasteiger partial charge in [-0.3, -0.25) is 28.5 Å². The number of amides is 1. The maximum Gasteiger partial charge on any atom is 0.471 e. The Morgan fingerprint density at radius 2 is 1.50 bits per heavy atom. The van der Waals surface area contributed by atoms with Gasteiger partial charge in [-0.25, -0.2) is 4.79 Å². The van der Waals surface area contributed by atoms with Crippen molar-refractivity contribution in [3.8, 4) is 0 Å². The average Bonchev–Trinajstić information content (AvgIpc) is 2.89. The molecule has 0 bridgehead atoms. The third-order valence-corrected chi connectivity index (χ3v) is 6.75. The number of alkyl halides is 3. The Morgan fingerprint density at radius 1 is 0.932 bits per heavy atom. The average molecular weight is 666 g/mol. The van der Waals surface area contributed by atoms with E-state index in [1.165, 1.54) is 0 Å². The van der Waals surface area contributed by atoms with Gasteiger partial charge in [-0.2, -0.15) is 13.2 Å². The van der Waals surface area contributed by atoms with Gasteiger partial charge in [0.25, 0.3) is 5.79 Å². The van der Waals surface area contributed by atoms with Gasteiger partial charge in [0.15, 0.2) is 12.2 Å². The van der Waals surface area contributed by atoms with Gasteiger partial charge in [0.1, 0.15) is 18.8 Å². The molecule has 1 saturated heterocycles. The van der Waals surface area contributed by atoms with Gasteiger partial charge < -0.3 is 42.8 Å². The molecule has 1 fully saturated rings. The number of hydrogen-bond donors (Lipinski definition) is 1. The molecule has 0 radical (unpaired) electrons. The smallest absolute Gasteiger partial charge is 0.465 e. The van der Waals surface area contributed by atoms with E-state index in [1.807, 2.05) is 0 Å². The summed E-state index contributed by atoms with van der Waals surface area (Å²) in [6, 6.07) is -2.07. The van der Waals surface area contributed by atoms with Crippen LogP contribution in [-0.2, 0) is 70.8 Å². The molecule has 1 N–H and O–H groups in total. The van der Waals surface area contributed by atoms with E-state index in [2.05, 4.69) is 0 Å². The Morgan fingerprint density at radius 3 is 1.93 bits per heavy atom. The largest absolute Gasteiger partial charge is 0.471 e.